The zero-order valence-electron chi connectivity index (χ0n) is 17.9. The van der Waals surface area contributed by atoms with Gasteiger partial charge in [-0.15, -0.1) is 11.3 Å². The number of aromatic nitrogens is 1. The molecule has 1 aromatic carbocycles. The minimum Gasteiger partial charge on any atom is -0.493 e. The van der Waals surface area contributed by atoms with Gasteiger partial charge in [0, 0.05) is 23.0 Å². The smallest absolute Gasteiger partial charge is 0.240 e. The Bertz CT molecular complexity index is 858. The molecule has 0 fully saturated rings. The second kappa shape index (κ2) is 9.73. The Kier molecular flexibility index (Phi) is 7.61. The van der Waals surface area contributed by atoms with Crippen LogP contribution in [-0.2, 0) is 16.0 Å². The Morgan fingerprint density at radius 2 is 1.86 bits per heavy atom. The Morgan fingerprint density at radius 3 is 2.45 bits per heavy atom. The maximum absolute atomic E-state index is 12.6. The fourth-order valence-electron chi connectivity index (χ4n) is 2.76. The molecule has 0 saturated carbocycles. The van der Waals surface area contributed by atoms with E-state index in [0.717, 1.165) is 10.6 Å². The van der Waals surface area contributed by atoms with Crippen LogP contribution in [0, 0.1) is 0 Å². The largest absolute Gasteiger partial charge is 0.493 e. The Balaban J connectivity index is 2.06. The van der Waals surface area contributed by atoms with Crippen molar-refractivity contribution in [3.63, 3.8) is 0 Å². The molecule has 158 valence electrons. The van der Waals surface area contributed by atoms with Crippen LogP contribution in [0.4, 0.5) is 0 Å². The average Bonchev–Trinajstić information content (AvgIpc) is 3.12. The maximum Gasteiger partial charge on any atom is 0.240 e. The number of carbonyl (C=O) groups is 2. The van der Waals surface area contributed by atoms with E-state index in [1.165, 1.54) is 16.2 Å². The number of nitrogens with zero attached hydrogens (tertiary/aromatic N) is 2. The summed E-state index contributed by atoms with van der Waals surface area (Å²) < 4.78 is 10.6. The summed E-state index contributed by atoms with van der Waals surface area (Å²) in [4.78, 5) is 30.9. The molecule has 0 bridgehead atoms. The number of hydrogen-bond donors (Lipinski definition) is 1. The van der Waals surface area contributed by atoms with Gasteiger partial charge >= 0.3 is 0 Å². The number of methoxy groups -OCH3 is 2. The van der Waals surface area contributed by atoms with Crippen molar-refractivity contribution in [3.05, 3.63) is 29.3 Å². The molecule has 2 amide bonds. The van der Waals surface area contributed by atoms with E-state index in [-0.39, 0.29) is 30.3 Å². The van der Waals surface area contributed by atoms with Crippen LogP contribution in [0.3, 0.4) is 0 Å². The van der Waals surface area contributed by atoms with Crippen LogP contribution in [0.15, 0.2) is 23.6 Å². The fraction of sp³-hybridized carbons (Fsp3) is 0.476. The predicted molar refractivity (Wildman–Crippen MR) is 115 cm³/mol. The molecular weight excluding hydrogens is 390 g/mol. The van der Waals surface area contributed by atoms with E-state index in [4.69, 9.17) is 9.47 Å². The maximum atomic E-state index is 12.6. The Morgan fingerprint density at radius 1 is 1.17 bits per heavy atom. The number of rotatable bonds is 8. The minimum absolute atomic E-state index is 0.0409. The van der Waals surface area contributed by atoms with Gasteiger partial charge in [-0.05, 0) is 45.9 Å². The van der Waals surface area contributed by atoms with Gasteiger partial charge in [-0.25, -0.2) is 4.98 Å². The summed E-state index contributed by atoms with van der Waals surface area (Å²) in [6.07, 6.45) is 0.153. The topological polar surface area (TPSA) is 80.8 Å². The quantitative estimate of drug-likeness (QED) is 0.711. The lowest BCUT2D eigenvalue weighted by Gasteiger charge is -2.25. The molecule has 0 aliphatic rings. The molecule has 0 unspecified atom stereocenters. The van der Waals surface area contributed by atoms with Gasteiger partial charge in [0.1, 0.15) is 5.01 Å². The van der Waals surface area contributed by atoms with Crippen LogP contribution in [0.5, 0.6) is 11.5 Å². The normalized spacial score (nSPS) is 11.1. The lowest BCUT2D eigenvalue weighted by Crippen LogP contribution is -2.47. The first-order valence-electron chi connectivity index (χ1n) is 9.42. The highest BCUT2D eigenvalue weighted by Gasteiger charge is 2.20. The molecule has 7 nitrogen and oxygen atoms in total. The highest BCUT2D eigenvalue weighted by atomic mass is 32.1. The van der Waals surface area contributed by atoms with Crippen LogP contribution < -0.4 is 14.8 Å². The lowest BCUT2D eigenvalue weighted by atomic mass is 10.1. The number of nitrogens with one attached hydrogen (secondary N) is 1. The molecule has 1 heterocycles. The van der Waals surface area contributed by atoms with E-state index in [9.17, 15) is 9.59 Å². The first-order valence-corrected chi connectivity index (χ1v) is 10.3. The monoisotopic (exact) mass is 419 g/mol. The summed E-state index contributed by atoms with van der Waals surface area (Å²) in [5.74, 6) is 0.980. The second-order valence-electron chi connectivity index (χ2n) is 7.60. The number of amides is 2. The number of thiazole rings is 1. The third-order valence-corrected chi connectivity index (χ3v) is 5.04. The molecule has 29 heavy (non-hydrogen) atoms. The zero-order chi connectivity index (χ0) is 21.6. The van der Waals surface area contributed by atoms with Crippen molar-refractivity contribution in [1.29, 1.82) is 0 Å². The summed E-state index contributed by atoms with van der Waals surface area (Å²) in [5.41, 5.74) is 1.24. The van der Waals surface area contributed by atoms with E-state index >= 15 is 0 Å². The third-order valence-electron chi connectivity index (χ3n) is 4.10. The van der Waals surface area contributed by atoms with Gasteiger partial charge in [0.15, 0.2) is 11.5 Å². The molecule has 0 saturated heterocycles. The van der Waals surface area contributed by atoms with Gasteiger partial charge < -0.3 is 19.7 Å². The Labute approximate surface area is 176 Å². The molecule has 0 spiro atoms. The van der Waals surface area contributed by atoms with Gasteiger partial charge in [-0.2, -0.15) is 0 Å². The van der Waals surface area contributed by atoms with Crippen LogP contribution in [0.25, 0.3) is 10.6 Å². The Hall–Kier alpha value is -2.61. The molecule has 0 aliphatic heterocycles. The summed E-state index contributed by atoms with van der Waals surface area (Å²) >= 11 is 1.46. The van der Waals surface area contributed by atoms with Gasteiger partial charge in [0.05, 0.1) is 32.9 Å². The van der Waals surface area contributed by atoms with Gasteiger partial charge in [0.2, 0.25) is 11.8 Å². The molecular formula is C21H29N3O4S. The molecule has 8 heteroatoms. The highest BCUT2D eigenvalue weighted by molar-refractivity contribution is 7.13. The first kappa shape index (κ1) is 22.7. The molecule has 0 radical (unpaired) electrons. The van der Waals surface area contributed by atoms with E-state index in [1.807, 2.05) is 51.3 Å². The predicted octanol–water partition coefficient (Wildman–Crippen LogP) is 3.13. The molecule has 2 aromatic rings. The van der Waals surface area contributed by atoms with Crippen molar-refractivity contribution in [2.24, 2.45) is 0 Å². The number of likely N-dealkylation sites (N-methyl/N-ethyl adjacent to an activating group) is 1. The fourth-order valence-corrected chi connectivity index (χ4v) is 3.58. The van der Waals surface area contributed by atoms with Gasteiger partial charge in [-0.1, -0.05) is 0 Å². The number of carbonyl (C=O) groups excluding carboxylic acids is 2. The summed E-state index contributed by atoms with van der Waals surface area (Å²) in [5, 5.41) is 5.54. The van der Waals surface area contributed by atoms with Crippen LogP contribution in [0.1, 0.15) is 33.4 Å². The number of benzene rings is 1. The third kappa shape index (κ3) is 6.45. The van der Waals surface area contributed by atoms with Crippen LogP contribution in [-0.4, -0.2) is 54.5 Å². The summed E-state index contributed by atoms with van der Waals surface area (Å²) in [6.45, 7) is 8.09. The van der Waals surface area contributed by atoms with Crippen molar-refractivity contribution in [1.82, 2.24) is 15.2 Å². The van der Waals surface area contributed by atoms with Gasteiger partial charge in [0.25, 0.3) is 0 Å². The van der Waals surface area contributed by atoms with E-state index in [1.54, 1.807) is 14.2 Å². The molecule has 2 rings (SSSR count). The summed E-state index contributed by atoms with van der Waals surface area (Å²) in [7, 11) is 3.18. The highest BCUT2D eigenvalue weighted by Crippen LogP contribution is 2.33. The standard InChI is InChI=1S/C21H29N3O4S/c1-7-24(12-18(25)23-21(2,3)4)19(26)11-15-13-29-20(22-15)14-8-9-16(27-5)17(10-14)28-6/h8-10,13H,7,11-12H2,1-6H3,(H,23,25). The van der Waals surface area contributed by atoms with Crippen molar-refractivity contribution in [2.45, 2.75) is 39.7 Å². The van der Waals surface area contributed by atoms with Crippen LogP contribution >= 0.6 is 11.3 Å². The first-order chi connectivity index (χ1) is 13.7. The van der Waals surface area contributed by atoms with E-state index < -0.39 is 0 Å². The van der Waals surface area contributed by atoms with Crippen molar-refractivity contribution >= 4 is 23.2 Å². The van der Waals surface area contributed by atoms with Crippen molar-refractivity contribution < 1.29 is 19.1 Å². The molecule has 1 N–H and O–H groups in total. The summed E-state index contributed by atoms with van der Waals surface area (Å²) in [6, 6.07) is 5.59. The van der Waals surface area contributed by atoms with Crippen molar-refractivity contribution in [2.75, 3.05) is 27.3 Å². The lowest BCUT2D eigenvalue weighted by molar-refractivity contribution is -0.135. The van der Waals surface area contributed by atoms with Crippen molar-refractivity contribution in [3.8, 4) is 22.1 Å². The molecule has 1 aromatic heterocycles. The minimum atomic E-state index is -0.331. The SMILES string of the molecule is CCN(CC(=O)NC(C)(C)C)C(=O)Cc1csc(-c2ccc(OC)c(OC)c2)n1. The number of hydrogen-bond acceptors (Lipinski definition) is 6. The van der Waals surface area contributed by atoms with E-state index in [2.05, 4.69) is 10.3 Å². The molecule has 0 aliphatic carbocycles. The van der Waals surface area contributed by atoms with Gasteiger partial charge in [-0.3, -0.25) is 9.59 Å². The molecule has 0 atom stereocenters. The zero-order valence-corrected chi connectivity index (χ0v) is 18.7. The second-order valence-corrected chi connectivity index (χ2v) is 8.45. The van der Waals surface area contributed by atoms with Crippen LogP contribution in [0.2, 0.25) is 0 Å². The average molecular weight is 420 g/mol. The number of ether oxygens (including phenoxy) is 2. The van der Waals surface area contributed by atoms with E-state index in [0.29, 0.717) is 23.7 Å².